The summed E-state index contributed by atoms with van der Waals surface area (Å²) in [5.74, 6) is 0.979. The minimum absolute atomic E-state index is 0.0923. The Labute approximate surface area is 104 Å². The molecule has 0 saturated heterocycles. The molecule has 0 aliphatic rings. The quantitative estimate of drug-likeness (QED) is 0.772. The van der Waals surface area contributed by atoms with Crippen LogP contribution in [0.15, 0.2) is 30.3 Å². The molecule has 0 heterocycles. The maximum absolute atomic E-state index is 10.9. The van der Waals surface area contributed by atoms with Gasteiger partial charge in [-0.2, -0.15) is 0 Å². The summed E-state index contributed by atoms with van der Waals surface area (Å²) in [5.41, 5.74) is 0. The molecule has 3 nitrogen and oxygen atoms in total. The van der Waals surface area contributed by atoms with Crippen LogP contribution in [0.4, 0.5) is 0 Å². The summed E-state index contributed by atoms with van der Waals surface area (Å²) >= 11 is 0. The zero-order valence-electron chi connectivity index (χ0n) is 11.0. The lowest BCUT2D eigenvalue weighted by Gasteiger charge is -2.05. The van der Waals surface area contributed by atoms with E-state index >= 15 is 0 Å². The minimum atomic E-state index is 0.0923. The van der Waals surface area contributed by atoms with Crippen LogP contribution in [-0.2, 0) is 4.79 Å². The molecule has 1 rings (SSSR count). The lowest BCUT2D eigenvalue weighted by atomic mass is 10.2. The topological polar surface area (TPSA) is 38.3 Å². The maximum Gasteiger partial charge on any atom is 0.219 e. The number of rotatable bonds is 6. The molecule has 0 aliphatic carbocycles. The van der Waals surface area contributed by atoms with Crippen molar-refractivity contribution in [2.45, 2.75) is 33.1 Å². The van der Waals surface area contributed by atoms with Gasteiger partial charge in [0.15, 0.2) is 0 Å². The van der Waals surface area contributed by atoms with Crippen LogP contribution in [0.3, 0.4) is 0 Å². The zero-order valence-corrected chi connectivity index (χ0v) is 11.0. The number of para-hydroxylation sites is 1. The van der Waals surface area contributed by atoms with Crippen molar-refractivity contribution in [3.63, 3.8) is 0 Å². The Morgan fingerprint density at radius 3 is 2.41 bits per heavy atom. The molecule has 96 valence electrons. The second-order valence-electron chi connectivity index (χ2n) is 3.29. The van der Waals surface area contributed by atoms with Gasteiger partial charge in [0, 0.05) is 13.5 Å². The van der Waals surface area contributed by atoms with Crippen LogP contribution >= 0.6 is 0 Å². The highest BCUT2D eigenvalue weighted by Crippen LogP contribution is 2.09. The number of ether oxygens (including phenoxy) is 1. The molecule has 0 spiro atoms. The van der Waals surface area contributed by atoms with Gasteiger partial charge in [-0.25, -0.2) is 0 Å². The van der Waals surface area contributed by atoms with Gasteiger partial charge in [0.25, 0.3) is 0 Å². The van der Waals surface area contributed by atoms with Crippen molar-refractivity contribution >= 4 is 5.91 Å². The van der Waals surface area contributed by atoms with Crippen molar-refractivity contribution in [3.8, 4) is 5.75 Å². The summed E-state index contributed by atoms with van der Waals surface area (Å²) < 4.78 is 5.49. The molecule has 0 atom stereocenters. The van der Waals surface area contributed by atoms with Gasteiger partial charge >= 0.3 is 0 Å². The molecule has 3 heteroatoms. The number of hydrogen-bond acceptors (Lipinski definition) is 2. The van der Waals surface area contributed by atoms with Crippen molar-refractivity contribution in [3.05, 3.63) is 30.3 Å². The lowest BCUT2D eigenvalue weighted by Crippen LogP contribution is -2.17. The first-order chi connectivity index (χ1) is 8.33. The molecular weight excluding hydrogens is 214 g/mol. The van der Waals surface area contributed by atoms with Gasteiger partial charge in [0.05, 0.1) is 6.61 Å². The molecule has 0 saturated carbocycles. The number of nitrogens with one attached hydrogen (secondary N) is 1. The molecular formula is C14H23NO2. The Kier molecular flexibility index (Phi) is 10.0. The smallest absolute Gasteiger partial charge is 0.219 e. The molecule has 0 fully saturated rings. The molecule has 0 bridgehead atoms. The van der Waals surface area contributed by atoms with E-state index in [2.05, 4.69) is 5.32 Å². The van der Waals surface area contributed by atoms with Crippen LogP contribution < -0.4 is 10.1 Å². The van der Waals surface area contributed by atoms with Gasteiger partial charge in [-0.15, -0.1) is 0 Å². The SMILES string of the molecule is CC.CNC(=O)CCCCOc1ccccc1. The molecule has 1 aromatic rings. The Bertz CT molecular complexity index is 286. The molecule has 0 aromatic heterocycles. The third kappa shape index (κ3) is 8.31. The fourth-order valence-electron chi connectivity index (χ4n) is 1.22. The van der Waals surface area contributed by atoms with E-state index < -0.39 is 0 Å². The monoisotopic (exact) mass is 237 g/mol. The number of carbonyl (C=O) groups excluding carboxylic acids is 1. The van der Waals surface area contributed by atoms with Gasteiger partial charge in [-0.05, 0) is 25.0 Å². The van der Waals surface area contributed by atoms with Gasteiger partial charge in [0.2, 0.25) is 5.91 Å². The normalized spacial score (nSPS) is 8.88. The van der Waals surface area contributed by atoms with E-state index in [0.29, 0.717) is 13.0 Å². The lowest BCUT2D eigenvalue weighted by molar-refractivity contribution is -0.120. The van der Waals surface area contributed by atoms with Gasteiger partial charge < -0.3 is 10.1 Å². The van der Waals surface area contributed by atoms with Crippen LogP contribution in [0.1, 0.15) is 33.1 Å². The van der Waals surface area contributed by atoms with Gasteiger partial charge in [-0.3, -0.25) is 4.79 Å². The third-order valence-corrected chi connectivity index (χ3v) is 2.09. The average molecular weight is 237 g/mol. The summed E-state index contributed by atoms with van der Waals surface area (Å²) in [4.78, 5) is 10.9. The van der Waals surface area contributed by atoms with E-state index in [4.69, 9.17) is 4.74 Å². The molecule has 0 radical (unpaired) electrons. The number of carbonyl (C=O) groups is 1. The number of hydrogen-bond donors (Lipinski definition) is 1. The van der Waals surface area contributed by atoms with Gasteiger partial charge in [-0.1, -0.05) is 32.0 Å². The van der Waals surface area contributed by atoms with E-state index in [0.717, 1.165) is 18.6 Å². The largest absolute Gasteiger partial charge is 0.494 e. The first kappa shape index (κ1) is 15.5. The molecule has 1 aromatic carbocycles. The summed E-state index contributed by atoms with van der Waals surface area (Å²) in [5, 5.41) is 2.59. The summed E-state index contributed by atoms with van der Waals surface area (Å²) in [6, 6.07) is 9.70. The van der Waals surface area contributed by atoms with Crippen molar-refractivity contribution in [2.75, 3.05) is 13.7 Å². The first-order valence-electron chi connectivity index (χ1n) is 6.21. The standard InChI is InChI=1S/C12H17NO2.C2H6/c1-13-12(14)9-5-6-10-15-11-7-3-2-4-8-11;1-2/h2-4,7-8H,5-6,9-10H2,1H3,(H,13,14);1-2H3. The van der Waals surface area contributed by atoms with E-state index in [-0.39, 0.29) is 5.91 Å². The van der Waals surface area contributed by atoms with Crippen LogP contribution in [0.2, 0.25) is 0 Å². The molecule has 0 unspecified atom stereocenters. The van der Waals surface area contributed by atoms with E-state index in [1.165, 1.54) is 0 Å². The van der Waals surface area contributed by atoms with E-state index in [1.807, 2.05) is 44.2 Å². The Morgan fingerprint density at radius 2 is 1.82 bits per heavy atom. The summed E-state index contributed by atoms with van der Waals surface area (Å²) in [6.07, 6.45) is 2.35. The van der Waals surface area contributed by atoms with Crippen molar-refractivity contribution in [1.82, 2.24) is 5.32 Å². The number of amides is 1. The highest BCUT2D eigenvalue weighted by atomic mass is 16.5. The minimum Gasteiger partial charge on any atom is -0.494 e. The third-order valence-electron chi connectivity index (χ3n) is 2.09. The fourth-order valence-corrected chi connectivity index (χ4v) is 1.22. The predicted octanol–water partition coefficient (Wildman–Crippen LogP) is 3.01. The van der Waals surface area contributed by atoms with Crippen LogP contribution in [0.25, 0.3) is 0 Å². The second-order valence-corrected chi connectivity index (χ2v) is 3.29. The van der Waals surface area contributed by atoms with Gasteiger partial charge in [0.1, 0.15) is 5.75 Å². The van der Waals surface area contributed by atoms with Crippen LogP contribution in [-0.4, -0.2) is 19.6 Å². The molecule has 17 heavy (non-hydrogen) atoms. The zero-order chi connectivity index (χ0) is 12.9. The van der Waals surface area contributed by atoms with Crippen molar-refractivity contribution in [1.29, 1.82) is 0 Å². The maximum atomic E-state index is 10.9. The highest BCUT2D eigenvalue weighted by molar-refractivity contribution is 5.75. The molecule has 1 N–H and O–H groups in total. The van der Waals surface area contributed by atoms with Crippen molar-refractivity contribution in [2.24, 2.45) is 0 Å². The van der Waals surface area contributed by atoms with Crippen molar-refractivity contribution < 1.29 is 9.53 Å². The number of benzene rings is 1. The Balaban J connectivity index is 0.00000121. The summed E-state index contributed by atoms with van der Waals surface area (Å²) in [6.45, 7) is 4.67. The predicted molar refractivity (Wildman–Crippen MR) is 71.2 cm³/mol. The number of unbranched alkanes of at least 4 members (excludes halogenated alkanes) is 1. The van der Waals surface area contributed by atoms with E-state index in [9.17, 15) is 4.79 Å². The average Bonchev–Trinajstić information content (AvgIpc) is 2.41. The first-order valence-corrected chi connectivity index (χ1v) is 6.21. The highest BCUT2D eigenvalue weighted by Gasteiger charge is 1.97. The summed E-state index contributed by atoms with van der Waals surface area (Å²) in [7, 11) is 1.66. The molecule has 1 amide bonds. The fraction of sp³-hybridized carbons (Fsp3) is 0.500. The van der Waals surface area contributed by atoms with E-state index in [1.54, 1.807) is 7.05 Å². The van der Waals surface area contributed by atoms with Crippen LogP contribution in [0.5, 0.6) is 5.75 Å². The van der Waals surface area contributed by atoms with Crippen LogP contribution in [0, 0.1) is 0 Å². The molecule has 0 aliphatic heterocycles. The Morgan fingerprint density at radius 1 is 1.18 bits per heavy atom. The second kappa shape index (κ2) is 11.0. The Hall–Kier alpha value is -1.51.